The van der Waals surface area contributed by atoms with E-state index in [-0.39, 0.29) is 12.1 Å². The van der Waals surface area contributed by atoms with Crippen LogP contribution in [0.25, 0.3) is 0 Å². The topological polar surface area (TPSA) is 93.8 Å². The fraction of sp³-hybridized carbons (Fsp3) is 0.500. The van der Waals surface area contributed by atoms with Crippen LogP contribution in [0, 0.1) is 0 Å². The molecule has 0 saturated carbocycles. The number of hydrogen-bond donors (Lipinski definition) is 1. The molecule has 0 unspecified atom stereocenters. The molecule has 0 bridgehead atoms. The quantitative estimate of drug-likeness (QED) is 0.847. The summed E-state index contributed by atoms with van der Waals surface area (Å²) in [7, 11) is 0. The largest absolute Gasteiger partial charge is 0.339 e. The Bertz CT molecular complexity index is 668. The van der Waals surface area contributed by atoms with Crippen LogP contribution < -0.4 is 11.2 Å². The van der Waals surface area contributed by atoms with Gasteiger partial charge in [0.1, 0.15) is 0 Å². The fourth-order valence-electron chi connectivity index (χ4n) is 1.75. The summed E-state index contributed by atoms with van der Waals surface area (Å²) in [5, 5.41) is 3.81. The molecule has 7 nitrogen and oxygen atoms in total. The summed E-state index contributed by atoms with van der Waals surface area (Å²) in [5.41, 5.74) is -0.260. The lowest BCUT2D eigenvalue weighted by Gasteiger charge is -2.03. The van der Waals surface area contributed by atoms with E-state index in [0.29, 0.717) is 30.1 Å². The van der Waals surface area contributed by atoms with Crippen LogP contribution in [0.5, 0.6) is 0 Å². The number of nitrogens with zero attached hydrogens (tertiary/aromatic N) is 3. The van der Waals surface area contributed by atoms with Crippen LogP contribution in [0.4, 0.5) is 0 Å². The minimum Gasteiger partial charge on any atom is -0.339 e. The van der Waals surface area contributed by atoms with Gasteiger partial charge in [0, 0.05) is 18.2 Å². The van der Waals surface area contributed by atoms with E-state index in [2.05, 4.69) is 15.1 Å². The molecule has 0 aliphatic rings. The van der Waals surface area contributed by atoms with E-state index in [9.17, 15) is 9.59 Å². The van der Waals surface area contributed by atoms with Crippen LogP contribution in [-0.2, 0) is 19.4 Å². The normalized spacial score (nSPS) is 10.8. The van der Waals surface area contributed by atoms with Gasteiger partial charge in [0.25, 0.3) is 5.56 Å². The van der Waals surface area contributed by atoms with E-state index in [1.807, 2.05) is 13.8 Å². The van der Waals surface area contributed by atoms with Crippen molar-refractivity contribution in [1.82, 2.24) is 19.7 Å². The van der Waals surface area contributed by atoms with Crippen LogP contribution in [-0.4, -0.2) is 19.7 Å². The van der Waals surface area contributed by atoms with Gasteiger partial charge in [0.05, 0.1) is 6.54 Å². The van der Waals surface area contributed by atoms with Crippen LogP contribution >= 0.6 is 0 Å². The summed E-state index contributed by atoms with van der Waals surface area (Å²) >= 11 is 0. The van der Waals surface area contributed by atoms with Crippen LogP contribution in [0.1, 0.15) is 37.5 Å². The molecular formula is C12H16N4O3. The maximum atomic E-state index is 11.7. The summed E-state index contributed by atoms with van der Waals surface area (Å²) < 4.78 is 6.42. The molecule has 7 heteroatoms. The highest BCUT2D eigenvalue weighted by Gasteiger charge is 2.09. The first kappa shape index (κ1) is 13.3. The zero-order chi connectivity index (χ0) is 13.8. The highest BCUT2D eigenvalue weighted by molar-refractivity contribution is 5.04. The molecule has 0 aromatic carbocycles. The Balaban J connectivity index is 2.27. The van der Waals surface area contributed by atoms with Gasteiger partial charge < -0.3 is 4.52 Å². The molecular weight excluding hydrogens is 248 g/mol. The lowest BCUT2D eigenvalue weighted by molar-refractivity contribution is 0.370. The van der Waals surface area contributed by atoms with Crippen LogP contribution in [0.3, 0.4) is 0 Å². The number of aromatic nitrogens is 4. The molecule has 0 aliphatic heterocycles. The number of H-pyrrole nitrogens is 1. The van der Waals surface area contributed by atoms with Crippen molar-refractivity contribution >= 4 is 0 Å². The second-order valence-electron chi connectivity index (χ2n) is 4.25. The zero-order valence-electron chi connectivity index (χ0n) is 11.0. The maximum absolute atomic E-state index is 11.7. The summed E-state index contributed by atoms with van der Waals surface area (Å²) in [4.78, 5) is 29.6. The number of aromatic amines is 1. The Morgan fingerprint density at radius 3 is 2.84 bits per heavy atom. The van der Waals surface area contributed by atoms with Crippen molar-refractivity contribution in [3.63, 3.8) is 0 Å². The van der Waals surface area contributed by atoms with Gasteiger partial charge in [-0.3, -0.25) is 14.3 Å². The van der Waals surface area contributed by atoms with Crippen LogP contribution in [0.2, 0.25) is 0 Å². The van der Waals surface area contributed by atoms with Crippen molar-refractivity contribution in [1.29, 1.82) is 0 Å². The van der Waals surface area contributed by atoms with E-state index in [1.54, 1.807) is 0 Å². The molecule has 0 saturated heterocycles. The van der Waals surface area contributed by atoms with E-state index in [1.165, 1.54) is 10.8 Å². The average Bonchev–Trinajstić information content (AvgIpc) is 2.81. The van der Waals surface area contributed by atoms with Gasteiger partial charge in [0.2, 0.25) is 5.89 Å². The summed E-state index contributed by atoms with van der Waals surface area (Å²) in [5.74, 6) is 0.991. The third-order valence-corrected chi connectivity index (χ3v) is 2.75. The molecule has 0 atom stereocenters. The van der Waals surface area contributed by atoms with Crippen molar-refractivity contribution in [3.05, 3.63) is 44.3 Å². The number of rotatable bonds is 5. The molecule has 0 spiro atoms. The summed E-state index contributed by atoms with van der Waals surface area (Å²) in [6, 6.07) is 0. The Morgan fingerprint density at radius 2 is 2.16 bits per heavy atom. The SMILES string of the molecule is CCCc1nc(Cn2cc(CC)c(=O)[nH]c2=O)no1. The zero-order valence-corrected chi connectivity index (χ0v) is 11.0. The van der Waals surface area contributed by atoms with Gasteiger partial charge in [0.15, 0.2) is 5.82 Å². The monoisotopic (exact) mass is 264 g/mol. The number of aryl methyl sites for hydroxylation is 2. The second kappa shape index (κ2) is 5.64. The van der Waals surface area contributed by atoms with E-state index < -0.39 is 5.69 Å². The van der Waals surface area contributed by atoms with Gasteiger partial charge >= 0.3 is 5.69 Å². The lowest BCUT2D eigenvalue weighted by atomic mass is 10.2. The second-order valence-corrected chi connectivity index (χ2v) is 4.25. The molecule has 0 fully saturated rings. The van der Waals surface area contributed by atoms with Crippen molar-refractivity contribution < 1.29 is 4.52 Å². The molecule has 2 aromatic heterocycles. The molecule has 2 aromatic rings. The summed E-state index contributed by atoms with van der Waals surface area (Å²) in [6.07, 6.45) is 3.73. The average molecular weight is 264 g/mol. The molecule has 19 heavy (non-hydrogen) atoms. The first-order valence-corrected chi connectivity index (χ1v) is 6.28. The molecule has 102 valence electrons. The molecule has 2 rings (SSSR count). The Labute approximate surface area is 109 Å². The fourth-order valence-corrected chi connectivity index (χ4v) is 1.75. The lowest BCUT2D eigenvalue weighted by Crippen LogP contribution is -2.32. The Morgan fingerprint density at radius 1 is 1.37 bits per heavy atom. The number of hydrogen-bond acceptors (Lipinski definition) is 5. The first-order valence-electron chi connectivity index (χ1n) is 6.28. The minimum atomic E-state index is -0.468. The predicted octanol–water partition coefficient (Wildman–Crippen LogP) is 0.483. The van der Waals surface area contributed by atoms with Gasteiger partial charge in [-0.1, -0.05) is 19.0 Å². The third-order valence-electron chi connectivity index (χ3n) is 2.75. The highest BCUT2D eigenvalue weighted by atomic mass is 16.5. The van der Waals surface area contributed by atoms with Gasteiger partial charge in [-0.2, -0.15) is 4.98 Å². The maximum Gasteiger partial charge on any atom is 0.328 e. The number of nitrogens with one attached hydrogen (secondary N) is 1. The summed E-state index contributed by atoms with van der Waals surface area (Å²) in [6.45, 7) is 4.06. The Hall–Kier alpha value is -2.18. The van der Waals surface area contributed by atoms with Crippen molar-refractivity contribution in [2.75, 3.05) is 0 Å². The van der Waals surface area contributed by atoms with E-state index >= 15 is 0 Å². The third kappa shape index (κ3) is 2.98. The van der Waals surface area contributed by atoms with Gasteiger partial charge in [-0.25, -0.2) is 4.79 Å². The van der Waals surface area contributed by atoms with Crippen molar-refractivity contribution in [2.24, 2.45) is 0 Å². The van der Waals surface area contributed by atoms with Crippen LogP contribution in [0.15, 0.2) is 20.3 Å². The molecule has 0 radical (unpaired) electrons. The van der Waals surface area contributed by atoms with E-state index in [4.69, 9.17) is 4.52 Å². The van der Waals surface area contributed by atoms with Crippen molar-refractivity contribution in [2.45, 2.75) is 39.7 Å². The van der Waals surface area contributed by atoms with Gasteiger partial charge in [-0.05, 0) is 12.8 Å². The predicted molar refractivity (Wildman–Crippen MR) is 68.1 cm³/mol. The molecule has 2 heterocycles. The highest BCUT2D eigenvalue weighted by Crippen LogP contribution is 2.01. The smallest absolute Gasteiger partial charge is 0.328 e. The van der Waals surface area contributed by atoms with Crippen molar-refractivity contribution in [3.8, 4) is 0 Å². The minimum absolute atomic E-state index is 0.190. The standard InChI is InChI=1S/C12H16N4O3/c1-3-5-10-13-9(15-19-10)7-16-6-8(4-2)11(17)14-12(16)18/h6H,3-5,7H2,1-2H3,(H,14,17,18). The van der Waals surface area contributed by atoms with Gasteiger partial charge in [-0.15, -0.1) is 0 Å². The Kier molecular flexibility index (Phi) is 3.94. The molecule has 1 N–H and O–H groups in total. The molecule has 0 amide bonds. The molecule has 0 aliphatic carbocycles. The first-order chi connectivity index (χ1) is 9.13. The van der Waals surface area contributed by atoms with E-state index in [0.717, 1.165) is 6.42 Å².